The molecule has 0 radical (unpaired) electrons. The molecular formula is C16H19N3O2S. The predicted molar refractivity (Wildman–Crippen MR) is 87.6 cm³/mol. The highest BCUT2D eigenvalue weighted by molar-refractivity contribution is 7.17. The van der Waals surface area contributed by atoms with Gasteiger partial charge >= 0.3 is 5.97 Å². The average molecular weight is 317 g/mol. The molecule has 2 aromatic rings. The Kier molecular flexibility index (Phi) is 3.31. The molecule has 2 aliphatic rings. The van der Waals surface area contributed by atoms with Crippen molar-refractivity contribution < 1.29 is 9.90 Å². The Bertz CT molecular complexity index is 702. The number of carbonyl (C=O) groups is 1. The average Bonchev–Trinajstić information content (AvgIpc) is 3.20. The monoisotopic (exact) mass is 317 g/mol. The maximum absolute atomic E-state index is 11.3. The van der Waals surface area contributed by atoms with Gasteiger partial charge in [0.25, 0.3) is 0 Å². The maximum Gasteiger partial charge on any atom is 0.310 e. The van der Waals surface area contributed by atoms with E-state index in [0.717, 1.165) is 43.9 Å². The third kappa shape index (κ3) is 2.36. The molecule has 4 rings (SSSR count). The van der Waals surface area contributed by atoms with Crippen LogP contribution in [0.15, 0.2) is 23.7 Å². The highest BCUT2D eigenvalue weighted by Gasteiger charge is 2.51. The first-order valence-corrected chi connectivity index (χ1v) is 8.59. The van der Waals surface area contributed by atoms with Gasteiger partial charge in [0.2, 0.25) is 0 Å². The van der Waals surface area contributed by atoms with Gasteiger partial charge in [-0.2, -0.15) is 0 Å². The first-order chi connectivity index (χ1) is 10.7. The fourth-order valence-corrected chi connectivity index (χ4v) is 4.19. The van der Waals surface area contributed by atoms with Gasteiger partial charge < -0.3 is 10.0 Å². The van der Waals surface area contributed by atoms with E-state index in [1.165, 1.54) is 11.1 Å². The van der Waals surface area contributed by atoms with Gasteiger partial charge in [0.15, 0.2) is 0 Å². The summed E-state index contributed by atoms with van der Waals surface area (Å²) >= 11 is 1.69. The Balaban J connectivity index is 1.43. The van der Waals surface area contributed by atoms with Crippen LogP contribution in [-0.2, 0) is 4.79 Å². The Morgan fingerprint density at radius 3 is 2.77 bits per heavy atom. The number of thiophene rings is 1. The number of rotatable bonds is 4. The molecule has 1 saturated carbocycles. The number of aromatic nitrogens is 1. The van der Waals surface area contributed by atoms with Crippen molar-refractivity contribution in [1.29, 1.82) is 0 Å². The number of pyridine rings is 1. The van der Waals surface area contributed by atoms with E-state index in [4.69, 9.17) is 0 Å². The number of hydrogen-bond acceptors (Lipinski definition) is 5. The molecule has 0 amide bonds. The van der Waals surface area contributed by atoms with E-state index >= 15 is 0 Å². The van der Waals surface area contributed by atoms with Gasteiger partial charge in [-0.05, 0) is 25.0 Å². The summed E-state index contributed by atoms with van der Waals surface area (Å²) in [4.78, 5) is 21.5. The summed E-state index contributed by atoms with van der Waals surface area (Å²) < 4.78 is 0. The van der Waals surface area contributed by atoms with Crippen molar-refractivity contribution in [3.8, 4) is 0 Å². The van der Waals surface area contributed by atoms with Crippen LogP contribution in [0.2, 0.25) is 0 Å². The molecule has 1 aliphatic carbocycles. The van der Waals surface area contributed by atoms with Crippen molar-refractivity contribution in [2.24, 2.45) is 5.41 Å². The van der Waals surface area contributed by atoms with Crippen molar-refractivity contribution in [2.75, 3.05) is 37.6 Å². The van der Waals surface area contributed by atoms with Crippen molar-refractivity contribution in [2.45, 2.75) is 12.8 Å². The van der Waals surface area contributed by atoms with Crippen LogP contribution in [0.25, 0.3) is 10.2 Å². The lowest BCUT2D eigenvalue weighted by atomic mass is 10.1. The van der Waals surface area contributed by atoms with Crippen LogP contribution in [0.1, 0.15) is 12.8 Å². The number of carboxylic acids is 1. The molecule has 2 aromatic heterocycles. The number of aliphatic carboxylic acids is 1. The second kappa shape index (κ2) is 5.21. The molecule has 2 fully saturated rings. The summed E-state index contributed by atoms with van der Waals surface area (Å²) in [6.07, 6.45) is 3.51. The first-order valence-electron chi connectivity index (χ1n) is 7.71. The van der Waals surface area contributed by atoms with Crippen LogP contribution in [0, 0.1) is 5.41 Å². The standard InChI is InChI=1S/C16H19N3O2S/c20-15(21)16(3-4-16)11-18-6-8-19(9-7-18)13-10-22-14-12(13)2-1-5-17-14/h1-2,5,10H,3-4,6-9,11H2,(H,20,21). The molecule has 0 bridgehead atoms. The Hall–Kier alpha value is -1.66. The van der Waals surface area contributed by atoms with E-state index in [-0.39, 0.29) is 0 Å². The lowest BCUT2D eigenvalue weighted by Gasteiger charge is -2.36. The molecule has 3 heterocycles. The quantitative estimate of drug-likeness (QED) is 0.937. The minimum absolute atomic E-state index is 0.443. The van der Waals surface area contributed by atoms with Crippen LogP contribution in [0.5, 0.6) is 0 Å². The zero-order valence-corrected chi connectivity index (χ0v) is 13.2. The van der Waals surface area contributed by atoms with Crippen LogP contribution in [-0.4, -0.2) is 53.7 Å². The summed E-state index contributed by atoms with van der Waals surface area (Å²) in [5.41, 5.74) is 0.827. The highest BCUT2D eigenvalue weighted by Crippen LogP contribution is 2.46. The van der Waals surface area contributed by atoms with Gasteiger partial charge in [0, 0.05) is 49.7 Å². The highest BCUT2D eigenvalue weighted by atomic mass is 32.1. The lowest BCUT2D eigenvalue weighted by Crippen LogP contribution is -2.49. The Morgan fingerprint density at radius 1 is 1.32 bits per heavy atom. The second-order valence-corrected chi connectivity index (χ2v) is 7.18. The van der Waals surface area contributed by atoms with Gasteiger partial charge in [0.05, 0.1) is 11.1 Å². The summed E-state index contributed by atoms with van der Waals surface area (Å²) in [5, 5.41) is 12.7. The normalized spacial score (nSPS) is 21.2. The van der Waals surface area contributed by atoms with Gasteiger partial charge in [-0.3, -0.25) is 9.69 Å². The summed E-state index contributed by atoms with van der Waals surface area (Å²) in [7, 11) is 0. The summed E-state index contributed by atoms with van der Waals surface area (Å²) in [5.74, 6) is -0.621. The molecule has 0 atom stereocenters. The zero-order chi connectivity index (χ0) is 15.2. The largest absolute Gasteiger partial charge is 0.481 e. The molecule has 0 spiro atoms. The van der Waals surface area contributed by atoms with E-state index < -0.39 is 11.4 Å². The predicted octanol–water partition coefficient (Wildman–Crippen LogP) is 2.28. The molecule has 5 nitrogen and oxygen atoms in total. The lowest BCUT2D eigenvalue weighted by molar-refractivity contribution is -0.144. The van der Waals surface area contributed by atoms with Gasteiger partial charge in [-0.1, -0.05) is 0 Å². The van der Waals surface area contributed by atoms with Crippen molar-refractivity contribution in [3.63, 3.8) is 0 Å². The summed E-state index contributed by atoms with van der Waals surface area (Å²) in [6.45, 7) is 4.49. The van der Waals surface area contributed by atoms with Crippen LogP contribution < -0.4 is 4.90 Å². The first kappa shape index (κ1) is 14.0. The fraction of sp³-hybridized carbons (Fsp3) is 0.500. The van der Waals surface area contributed by atoms with E-state index in [0.29, 0.717) is 6.54 Å². The minimum Gasteiger partial charge on any atom is -0.481 e. The molecule has 116 valence electrons. The van der Waals surface area contributed by atoms with Gasteiger partial charge in [0.1, 0.15) is 4.83 Å². The van der Waals surface area contributed by atoms with Crippen LogP contribution in [0.4, 0.5) is 5.69 Å². The molecule has 6 heteroatoms. The Labute approximate surface area is 133 Å². The van der Waals surface area contributed by atoms with E-state index in [1.807, 2.05) is 12.3 Å². The molecule has 1 aliphatic heterocycles. The van der Waals surface area contributed by atoms with Crippen molar-refractivity contribution in [3.05, 3.63) is 23.7 Å². The van der Waals surface area contributed by atoms with Gasteiger partial charge in [-0.25, -0.2) is 4.98 Å². The Morgan fingerprint density at radius 2 is 2.09 bits per heavy atom. The third-order valence-corrected chi connectivity index (χ3v) is 5.77. The number of carboxylic acid groups (broad SMARTS) is 1. The van der Waals surface area contributed by atoms with Crippen molar-refractivity contribution in [1.82, 2.24) is 9.88 Å². The number of nitrogens with zero attached hydrogens (tertiary/aromatic N) is 3. The molecular weight excluding hydrogens is 298 g/mol. The summed E-state index contributed by atoms with van der Waals surface area (Å²) in [6, 6.07) is 4.11. The SMILES string of the molecule is O=C(O)C1(CN2CCN(c3csc4ncccc34)CC2)CC1. The molecule has 0 unspecified atom stereocenters. The second-order valence-electron chi connectivity index (χ2n) is 6.33. The van der Waals surface area contributed by atoms with E-state index in [9.17, 15) is 9.90 Å². The third-order valence-electron chi connectivity index (χ3n) is 4.88. The van der Waals surface area contributed by atoms with Gasteiger partial charge in [-0.15, -0.1) is 11.3 Å². The fourth-order valence-electron chi connectivity index (χ4n) is 3.27. The minimum atomic E-state index is -0.621. The topological polar surface area (TPSA) is 56.7 Å². The number of fused-ring (bicyclic) bond motifs is 1. The van der Waals surface area contributed by atoms with Crippen LogP contribution in [0.3, 0.4) is 0 Å². The molecule has 1 saturated heterocycles. The van der Waals surface area contributed by atoms with Crippen LogP contribution >= 0.6 is 11.3 Å². The number of hydrogen-bond donors (Lipinski definition) is 1. The maximum atomic E-state index is 11.3. The molecule has 22 heavy (non-hydrogen) atoms. The number of anilines is 1. The smallest absolute Gasteiger partial charge is 0.310 e. The van der Waals surface area contributed by atoms with E-state index in [1.54, 1.807) is 11.3 Å². The van der Waals surface area contributed by atoms with E-state index in [2.05, 4.69) is 26.2 Å². The molecule has 0 aromatic carbocycles. The van der Waals surface area contributed by atoms with Crippen molar-refractivity contribution >= 4 is 33.2 Å². The number of piperazine rings is 1. The zero-order valence-electron chi connectivity index (χ0n) is 12.4. The molecule has 1 N–H and O–H groups in total.